The molecular weight excluding hydrogens is 316 g/mol. The van der Waals surface area contributed by atoms with Crippen molar-refractivity contribution < 1.29 is 9.32 Å². The number of amides is 1. The molecule has 6 heteroatoms. The summed E-state index contributed by atoms with van der Waals surface area (Å²) in [6.45, 7) is 2.10. The average molecular weight is 336 g/mol. The summed E-state index contributed by atoms with van der Waals surface area (Å²) in [5.74, 6) is 0.407. The molecule has 0 atom stereocenters. The first-order valence-electron chi connectivity index (χ1n) is 8.60. The van der Waals surface area contributed by atoms with Gasteiger partial charge in [-0.1, -0.05) is 42.4 Å². The van der Waals surface area contributed by atoms with Gasteiger partial charge in [0.2, 0.25) is 0 Å². The minimum absolute atomic E-state index is 0.156. The molecule has 1 saturated carbocycles. The van der Waals surface area contributed by atoms with E-state index in [0.29, 0.717) is 17.5 Å². The smallest absolute Gasteiger partial charge is 0.273 e. The Hall–Kier alpha value is -2.89. The van der Waals surface area contributed by atoms with Gasteiger partial charge in [0.05, 0.1) is 11.7 Å². The summed E-state index contributed by atoms with van der Waals surface area (Å²) in [5.41, 5.74) is 2.32. The molecular formula is C19H20N4O2. The number of carbonyl (C=O) groups is 1. The molecule has 25 heavy (non-hydrogen) atoms. The van der Waals surface area contributed by atoms with E-state index in [4.69, 9.17) is 4.52 Å². The second kappa shape index (κ2) is 6.55. The molecule has 0 radical (unpaired) electrons. The van der Waals surface area contributed by atoms with Gasteiger partial charge in [0, 0.05) is 23.9 Å². The fourth-order valence-electron chi connectivity index (χ4n) is 3.07. The molecule has 2 heterocycles. The van der Waals surface area contributed by atoms with E-state index in [9.17, 15) is 4.79 Å². The van der Waals surface area contributed by atoms with Gasteiger partial charge in [-0.05, 0) is 25.3 Å². The lowest BCUT2D eigenvalue weighted by molar-refractivity contribution is 0.0879. The molecule has 0 saturated heterocycles. The van der Waals surface area contributed by atoms with Crippen molar-refractivity contribution in [2.24, 2.45) is 0 Å². The lowest BCUT2D eigenvalue weighted by Gasteiger charge is -2.35. The Morgan fingerprint density at radius 2 is 2.08 bits per heavy atom. The Balaban J connectivity index is 1.34. The van der Waals surface area contributed by atoms with E-state index in [0.717, 1.165) is 30.5 Å². The predicted molar refractivity (Wildman–Crippen MR) is 93.1 cm³/mol. The maximum absolute atomic E-state index is 12.3. The summed E-state index contributed by atoms with van der Waals surface area (Å²) >= 11 is 0. The minimum Gasteiger partial charge on any atom is -0.355 e. The van der Waals surface area contributed by atoms with Gasteiger partial charge in [-0.3, -0.25) is 9.48 Å². The molecule has 1 amide bonds. The number of benzene rings is 1. The molecule has 1 N–H and O–H groups in total. The van der Waals surface area contributed by atoms with Crippen molar-refractivity contribution >= 4 is 5.91 Å². The van der Waals surface area contributed by atoms with Gasteiger partial charge >= 0.3 is 0 Å². The molecule has 0 aliphatic heterocycles. The molecule has 1 aliphatic carbocycles. The van der Waals surface area contributed by atoms with E-state index in [1.54, 1.807) is 6.07 Å². The Morgan fingerprint density at radius 3 is 2.80 bits per heavy atom. The van der Waals surface area contributed by atoms with Crippen LogP contribution in [0.3, 0.4) is 0 Å². The van der Waals surface area contributed by atoms with Crippen LogP contribution in [-0.4, -0.2) is 26.9 Å². The van der Waals surface area contributed by atoms with Crippen LogP contribution in [0.1, 0.15) is 42.0 Å². The van der Waals surface area contributed by atoms with Crippen LogP contribution >= 0.6 is 0 Å². The zero-order valence-electron chi connectivity index (χ0n) is 14.1. The summed E-state index contributed by atoms with van der Waals surface area (Å²) in [5, 5.41) is 11.4. The molecule has 0 bridgehead atoms. The van der Waals surface area contributed by atoms with Gasteiger partial charge in [0.15, 0.2) is 11.5 Å². The topological polar surface area (TPSA) is 73.0 Å². The molecule has 1 aliphatic rings. The lowest BCUT2D eigenvalue weighted by Crippen LogP contribution is -2.45. The predicted octanol–water partition coefficient (Wildman–Crippen LogP) is 3.23. The molecule has 2 aromatic heterocycles. The maximum atomic E-state index is 12.3. The third-order valence-electron chi connectivity index (χ3n) is 4.65. The van der Waals surface area contributed by atoms with E-state index in [2.05, 4.69) is 22.5 Å². The summed E-state index contributed by atoms with van der Waals surface area (Å²) in [4.78, 5) is 12.3. The van der Waals surface area contributed by atoms with Crippen LogP contribution in [-0.2, 0) is 6.42 Å². The van der Waals surface area contributed by atoms with E-state index in [-0.39, 0.29) is 11.9 Å². The highest BCUT2D eigenvalue weighted by Gasteiger charge is 2.32. The highest BCUT2D eigenvalue weighted by molar-refractivity contribution is 5.93. The normalized spacial score (nSPS) is 19.4. The minimum atomic E-state index is -0.191. The van der Waals surface area contributed by atoms with Gasteiger partial charge in [-0.25, -0.2) is 0 Å². The summed E-state index contributed by atoms with van der Waals surface area (Å²) in [6.07, 6.45) is 4.74. The molecule has 4 rings (SSSR count). The van der Waals surface area contributed by atoms with Gasteiger partial charge in [-0.2, -0.15) is 5.10 Å². The van der Waals surface area contributed by atoms with Crippen molar-refractivity contribution in [3.8, 4) is 11.3 Å². The second-order valence-electron chi connectivity index (χ2n) is 6.38. The third kappa shape index (κ3) is 3.20. The highest BCUT2D eigenvalue weighted by Crippen LogP contribution is 2.32. The number of nitrogens with zero attached hydrogens (tertiary/aromatic N) is 3. The van der Waals surface area contributed by atoms with Gasteiger partial charge < -0.3 is 9.84 Å². The number of carbonyl (C=O) groups excluding carboxylic acids is 1. The number of aryl methyl sites for hydroxylation is 1. The number of nitrogens with one attached hydrogen (secondary N) is 1. The van der Waals surface area contributed by atoms with E-state index in [1.165, 1.54) is 0 Å². The Kier molecular flexibility index (Phi) is 4.09. The van der Waals surface area contributed by atoms with E-state index in [1.807, 2.05) is 47.3 Å². The number of hydrogen-bond donors (Lipinski definition) is 1. The molecule has 0 unspecified atom stereocenters. The number of rotatable bonds is 5. The molecule has 3 aromatic rings. The molecule has 1 aromatic carbocycles. The first-order valence-corrected chi connectivity index (χ1v) is 8.60. The van der Waals surface area contributed by atoms with Crippen molar-refractivity contribution in [1.82, 2.24) is 20.3 Å². The second-order valence-corrected chi connectivity index (χ2v) is 6.38. The van der Waals surface area contributed by atoms with Crippen molar-refractivity contribution in [2.75, 3.05) is 0 Å². The van der Waals surface area contributed by atoms with E-state index >= 15 is 0 Å². The highest BCUT2D eigenvalue weighted by atomic mass is 16.5. The summed E-state index contributed by atoms with van der Waals surface area (Å²) in [7, 11) is 0. The SMILES string of the molecule is CCc1ccn(C2CC(NC(=O)c3cc(-c4ccccc4)on3)C2)n1. The first kappa shape index (κ1) is 15.6. The zero-order chi connectivity index (χ0) is 17.2. The molecule has 1 fully saturated rings. The number of hydrogen-bond acceptors (Lipinski definition) is 4. The standard InChI is InChI=1S/C19H20N4O2/c1-2-14-8-9-23(21-14)16-10-15(11-16)20-19(24)17-12-18(25-22-17)13-6-4-3-5-7-13/h3-9,12,15-16H,2,10-11H2,1H3,(H,20,24). The van der Waals surface area contributed by atoms with Crippen LogP contribution in [0.25, 0.3) is 11.3 Å². The lowest BCUT2D eigenvalue weighted by atomic mass is 9.87. The monoisotopic (exact) mass is 336 g/mol. The van der Waals surface area contributed by atoms with Crippen LogP contribution in [0.2, 0.25) is 0 Å². The van der Waals surface area contributed by atoms with Crippen molar-refractivity contribution in [3.05, 3.63) is 60.0 Å². The number of aromatic nitrogens is 3. The van der Waals surface area contributed by atoms with E-state index < -0.39 is 0 Å². The fourth-order valence-corrected chi connectivity index (χ4v) is 3.07. The van der Waals surface area contributed by atoms with Crippen molar-refractivity contribution in [3.63, 3.8) is 0 Å². The maximum Gasteiger partial charge on any atom is 0.273 e. The first-order chi connectivity index (χ1) is 12.2. The Labute approximate surface area is 145 Å². The molecule has 6 nitrogen and oxygen atoms in total. The molecule has 128 valence electrons. The largest absolute Gasteiger partial charge is 0.355 e. The summed E-state index contributed by atoms with van der Waals surface area (Å²) in [6, 6.07) is 13.9. The quantitative estimate of drug-likeness (QED) is 0.776. The molecule has 0 spiro atoms. The van der Waals surface area contributed by atoms with Crippen LogP contribution < -0.4 is 5.32 Å². The van der Waals surface area contributed by atoms with Crippen LogP contribution in [0.15, 0.2) is 53.2 Å². The third-order valence-corrected chi connectivity index (χ3v) is 4.65. The van der Waals surface area contributed by atoms with Crippen LogP contribution in [0.5, 0.6) is 0 Å². The summed E-state index contributed by atoms with van der Waals surface area (Å²) < 4.78 is 7.29. The Morgan fingerprint density at radius 1 is 1.28 bits per heavy atom. The van der Waals surface area contributed by atoms with Gasteiger partial charge in [0.25, 0.3) is 5.91 Å². The van der Waals surface area contributed by atoms with Gasteiger partial charge in [-0.15, -0.1) is 0 Å². The Bertz CT molecular complexity index is 862. The average Bonchev–Trinajstić information content (AvgIpc) is 3.27. The van der Waals surface area contributed by atoms with Gasteiger partial charge in [0.1, 0.15) is 0 Å². The fraction of sp³-hybridized carbons (Fsp3) is 0.316. The van der Waals surface area contributed by atoms with Crippen molar-refractivity contribution in [2.45, 2.75) is 38.3 Å². The van der Waals surface area contributed by atoms with Crippen LogP contribution in [0.4, 0.5) is 0 Å². The van der Waals surface area contributed by atoms with Crippen LogP contribution in [0, 0.1) is 0 Å². The van der Waals surface area contributed by atoms with Crippen molar-refractivity contribution in [1.29, 1.82) is 0 Å². The zero-order valence-corrected chi connectivity index (χ0v) is 14.1.